The van der Waals surface area contributed by atoms with Crippen LogP contribution in [0.3, 0.4) is 0 Å². The van der Waals surface area contributed by atoms with Crippen molar-refractivity contribution in [2.45, 2.75) is 196 Å². The van der Waals surface area contributed by atoms with Crippen LogP contribution in [0.2, 0.25) is 0 Å². The maximum Gasteiger partial charge on any atom is 0.0178 e. The lowest BCUT2D eigenvalue weighted by molar-refractivity contribution is 0.0641. The number of nitrogens with one attached hydrogen (secondary N) is 1. The predicted octanol–water partition coefficient (Wildman–Crippen LogP) is 12.6. The van der Waals surface area contributed by atoms with E-state index in [4.69, 9.17) is 0 Å². The van der Waals surface area contributed by atoms with E-state index in [1.54, 1.807) is 0 Å². The number of rotatable bonds is 22. The highest BCUT2D eigenvalue weighted by Gasteiger charge is 2.40. The molecule has 0 radical (unpaired) electrons. The molecule has 7 atom stereocenters. The lowest BCUT2D eigenvalue weighted by Gasteiger charge is -2.43. The molecule has 0 aromatic heterocycles. The monoisotopic (exact) mass is 548 g/mol. The first-order valence-electron chi connectivity index (χ1n) is 18.2. The molecular weight excluding hydrogens is 470 g/mol. The van der Waals surface area contributed by atoms with Crippen molar-refractivity contribution in [1.82, 2.24) is 5.32 Å². The summed E-state index contributed by atoms with van der Waals surface area (Å²) in [5.74, 6) is 5.24. The van der Waals surface area contributed by atoms with Gasteiger partial charge in [-0.2, -0.15) is 0 Å². The van der Waals surface area contributed by atoms with Crippen molar-refractivity contribution in [3.05, 3.63) is 0 Å². The highest BCUT2D eigenvalue weighted by molar-refractivity contribution is 4.91. The number of hydrogen-bond acceptors (Lipinski definition) is 1. The topological polar surface area (TPSA) is 12.0 Å². The lowest BCUT2D eigenvalue weighted by atomic mass is 9.62. The van der Waals surface area contributed by atoms with Crippen molar-refractivity contribution in [3.8, 4) is 0 Å². The van der Waals surface area contributed by atoms with Gasteiger partial charge in [-0.25, -0.2) is 0 Å². The van der Waals surface area contributed by atoms with Gasteiger partial charge in [-0.05, 0) is 93.4 Å². The van der Waals surface area contributed by atoms with Crippen molar-refractivity contribution < 1.29 is 0 Å². The second-order valence-electron chi connectivity index (χ2n) is 15.4. The van der Waals surface area contributed by atoms with E-state index in [1.807, 2.05) is 0 Å². The molecule has 1 fully saturated rings. The van der Waals surface area contributed by atoms with Gasteiger partial charge in [0.05, 0.1) is 0 Å². The Bertz CT molecular complexity index is 583. The van der Waals surface area contributed by atoms with Gasteiger partial charge in [-0.15, -0.1) is 0 Å². The third-order valence-corrected chi connectivity index (χ3v) is 12.0. The van der Waals surface area contributed by atoms with Crippen molar-refractivity contribution in [2.75, 3.05) is 7.05 Å². The molecule has 0 bridgehead atoms. The molecule has 1 rings (SSSR count). The normalized spacial score (nSPS) is 26.2. The summed E-state index contributed by atoms with van der Waals surface area (Å²) < 4.78 is 0. The molecule has 0 amide bonds. The predicted molar refractivity (Wildman–Crippen MR) is 179 cm³/mol. The van der Waals surface area contributed by atoms with Gasteiger partial charge in [-0.3, -0.25) is 0 Å². The fourth-order valence-electron chi connectivity index (χ4n) is 8.52. The maximum atomic E-state index is 3.66. The van der Waals surface area contributed by atoms with E-state index >= 15 is 0 Å². The van der Waals surface area contributed by atoms with Crippen LogP contribution in [0.15, 0.2) is 0 Å². The fourth-order valence-corrected chi connectivity index (χ4v) is 8.52. The van der Waals surface area contributed by atoms with E-state index in [9.17, 15) is 0 Å². The van der Waals surface area contributed by atoms with Crippen LogP contribution in [0.1, 0.15) is 191 Å². The van der Waals surface area contributed by atoms with Gasteiger partial charge >= 0.3 is 0 Å². The molecule has 234 valence electrons. The zero-order valence-corrected chi connectivity index (χ0v) is 29.1. The first-order valence-corrected chi connectivity index (χ1v) is 18.2. The minimum atomic E-state index is 0.286. The van der Waals surface area contributed by atoms with Crippen molar-refractivity contribution in [1.29, 1.82) is 0 Å². The molecule has 0 heterocycles. The Labute approximate surface area is 249 Å². The van der Waals surface area contributed by atoms with Crippen LogP contribution in [0.25, 0.3) is 0 Å². The zero-order valence-electron chi connectivity index (χ0n) is 29.1. The molecule has 39 heavy (non-hydrogen) atoms. The third-order valence-electron chi connectivity index (χ3n) is 12.0. The second-order valence-corrected chi connectivity index (χ2v) is 15.4. The van der Waals surface area contributed by atoms with Crippen molar-refractivity contribution >= 4 is 0 Å². The molecule has 1 saturated carbocycles. The molecule has 1 aliphatic rings. The minimum absolute atomic E-state index is 0.286. The van der Waals surface area contributed by atoms with E-state index in [-0.39, 0.29) is 5.54 Å². The van der Waals surface area contributed by atoms with Gasteiger partial charge in [0.15, 0.2) is 0 Å². The maximum absolute atomic E-state index is 3.66. The lowest BCUT2D eigenvalue weighted by Crippen LogP contribution is -2.47. The molecule has 0 saturated heterocycles. The van der Waals surface area contributed by atoms with E-state index in [0.717, 1.165) is 35.5 Å². The van der Waals surface area contributed by atoms with Gasteiger partial charge in [0.25, 0.3) is 0 Å². The summed E-state index contributed by atoms with van der Waals surface area (Å²) in [6.45, 7) is 22.1. The molecule has 0 aliphatic heterocycles. The van der Waals surface area contributed by atoms with Crippen molar-refractivity contribution in [2.24, 2.45) is 40.9 Å². The molecule has 0 aromatic carbocycles. The highest BCUT2D eigenvalue weighted by atomic mass is 14.9. The summed E-state index contributed by atoms with van der Waals surface area (Å²) in [5, 5.41) is 3.66. The Morgan fingerprint density at radius 1 is 0.718 bits per heavy atom. The first kappa shape index (κ1) is 37.0. The number of hydrogen-bond donors (Lipinski definition) is 1. The molecule has 5 unspecified atom stereocenters. The second kappa shape index (κ2) is 20.0. The Hall–Kier alpha value is -0.0400. The molecule has 1 heteroatoms. The fraction of sp³-hybridized carbons (Fsp3) is 1.00. The smallest absolute Gasteiger partial charge is 0.0178 e. The van der Waals surface area contributed by atoms with Crippen molar-refractivity contribution in [3.63, 3.8) is 0 Å². The average Bonchev–Trinajstić information content (AvgIpc) is 3.04. The van der Waals surface area contributed by atoms with Gasteiger partial charge in [-0.1, -0.05) is 145 Å². The van der Waals surface area contributed by atoms with Gasteiger partial charge in [0.2, 0.25) is 0 Å². The van der Waals surface area contributed by atoms with E-state index in [2.05, 4.69) is 74.7 Å². The first-order chi connectivity index (χ1) is 18.5. The summed E-state index contributed by atoms with van der Waals surface area (Å²) in [7, 11) is 2.16. The summed E-state index contributed by atoms with van der Waals surface area (Å²) in [5.41, 5.74) is 0.885. The summed E-state index contributed by atoms with van der Waals surface area (Å²) >= 11 is 0. The molecule has 1 nitrogen and oxygen atoms in total. The van der Waals surface area contributed by atoms with Crippen LogP contribution in [0.4, 0.5) is 0 Å². The van der Waals surface area contributed by atoms with Crippen LogP contribution < -0.4 is 5.32 Å². The van der Waals surface area contributed by atoms with Gasteiger partial charge in [0, 0.05) is 5.54 Å². The Morgan fingerprint density at radius 2 is 1.26 bits per heavy atom. The van der Waals surface area contributed by atoms with E-state index in [0.29, 0.717) is 5.41 Å². The van der Waals surface area contributed by atoms with Gasteiger partial charge < -0.3 is 5.32 Å². The summed E-state index contributed by atoms with van der Waals surface area (Å²) in [6.07, 6.45) is 28.9. The molecule has 1 N–H and O–H groups in total. The highest BCUT2D eigenvalue weighted by Crippen LogP contribution is 2.51. The molecule has 0 spiro atoms. The Balaban J connectivity index is 2.42. The van der Waals surface area contributed by atoms with Crippen LogP contribution >= 0.6 is 0 Å². The quantitative estimate of drug-likeness (QED) is 0.105. The Morgan fingerprint density at radius 3 is 1.79 bits per heavy atom. The largest absolute Gasteiger partial charge is 0.314 e. The van der Waals surface area contributed by atoms with E-state index < -0.39 is 0 Å². The molecule has 0 aromatic rings. The molecular formula is C38H77N. The molecule has 1 aliphatic carbocycles. The van der Waals surface area contributed by atoms with Crippen LogP contribution in [-0.2, 0) is 0 Å². The minimum Gasteiger partial charge on any atom is -0.314 e. The van der Waals surface area contributed by atoms with E-state index in [1.165, 1.54) is 128 Å². The van der Waals surface area contributed by atoms with Crippen LogP contribution in [0, 0.1) is 40.9 Å². The number of unbranched alkanes of at least 4 members (excludes halogenated alkanes) is 3. The third kappa shape index (κ3) is 13.2. The SMILES string of the molecule is CCCC(C)CCCC1CCCC[C@@H](CCCCCC(C)CCCCC(C)(NC)C(C)C(C)C)[C@]1(C)CCC. The summed E-state index contributed by atoms with van der Waals surface area (Å²) in [6, 6.07) is 0. The summed E-state index contributed by atoms with van der Waals surface area (Å²) in [4.78, 5) is 0. The standard InChI is InChI=1S/C38H77N/c1-11-21-32(5)24-20-28-36-27-17-16-26-35(37(36,8)29-12-2)25-15-13-14-22-33(6)23-18-19-30-38(9,39-10)34(7)31(3)4/h31-36,39H,11-30H2,1-10H3/t32?,33?,34?,35-,36?,37+,38?/m1/s1. The zero-order chi connectivity index (χ0) is 29.3. The average molecular weight is 548 g/mol. The Kier molecular flexibility index (Phi) is 18.9. The van der Waals surface area contributed by atoms with Crippen LogP contribution in [-0.4, -0.2) is 12.6 Å². The van der Waals surface area contributed by atoms with Crippen LogP contribution in [0.5, 0.6) is 0 Å². The van der Waals surface area contributed by atoms with Gasteiger partial charge in [0.1, 0.15) is 0 Å².